The van der Waals surface area contributed by atoms with Crippen molar-refractivity contribution in [3.63, 3.8) is 0 Å². The molecular formula is C17H30O2. The molecule has 0 amide bonds. The number of esters is 1. The molecule has 0 aromatic carbocycles. The molecule has 1 rings (SSSR count). The van der Waals surface area contributed by atoms with Gasteiger partial charge in [0.15, 0.2) is 0 Å². The second kappa shape index (κ2) is 7.12. The Labute approximate surface area is 118 Å². The van der Waals surface area contributed by atoms with Crippen molar-refractivity contribution in [2.24, 2.45) is 11.3 Å². The molecule has 1 aliphatic rings. The first-order valence-corrected chi connectivity index (χ1v) is 7.63. The second-order valence-electron chi connectivity index (χ2n) is 6.97. The molecule has 0 aliphatic heterocycles. The van der Waals surface area contributed by atoms with Gasteiger partial charge in [-0.05, 0) is 56.8 Å². The van der Waals surface area contributed by atoms with Gasteiger partial charge < -0.3 is 4.74 Å². The third-order valence-corrected chi connectivity index (χ3v) is 4.29. The van der Waals surface area contributed by atoms with Crippen molar-refractivity contribution in [3.8, 4) is 0 Å². The summed E-state index contributed by atoms with van der Waals surface area (Å²) in [6.45, 7) is 10.6. The number of hydrogen-bond donors (Lipinski definition) is 0. The summed E-state index contributed by atoms with van der Waals surface area (Å²) in [7, 11) is 0. The van der Waals surface area contributed by atoms with E-state index in [1.807, 2.05) is 0 Å². The van der Waals surface area contributed by atoms with Gasteiger partial charge in [-0.25, -0.2) is 0 Å². The molecule has 0 unspecified atom stereocenters. The lowest BCUT2D eigenvalue weighted by Crippen LogP contribution is -2.26. The molecule has 0 saturated carbocycles. The molecule has 0 N–H and O–H groups in total. The molecule has 2 nitrogen and oxygen atoms in total. The first-order chi connectivity index (χ1) is 8.80. The van der Waals surface area contributed by atoms with E-state index in [-0.39, 0.29) is 12.1 Å². The van der Waals surface area contributed by atoms with Crippen molar-refractivity contribution in [1.82, 2.24) is 0 Å². The van der Waals surface area contributed by atoms with Gasteiger partial charge in [0.25, 0.3) is 0 Å². The van der Waals surface area contributed by atoms with Crippen LogP contribution in [0.3, 0.4) is 0 Å². The van der Waals surface area contributed by atoms with Gasteiger partial charge in [0.2, 0.25) is 0 Å². The summed E-state index contributed by atoms with van der Waals surface area (Å²) >= 11 is 0. The zero-order chi connectivity index (χ0) is 14.5. The molecule has 19 heavy (non-hydrogen) atoms. The van der Waals surface area contributed by atoms with Crippen LogP contribution < -0.4 is 0 Å². The lowest BCUT2D eigenvalue weighted by molar-refractivity contribution is -0.149. The molecule has 0 bridgehead atoms. The topological polar surface area (TPSA) is 26.3 Å². The zero-order valence-electron chi connectivity index (χ0n) is 13.3. The highest BCUT2D eigenvalue weighted by molar-refractivity contribution is 5.66. The summed E-state index contributed by atoms with van der Waals surface area (Å²) in [5, 5.41) is 0. The van der Waals surface area contributed by atoms with Crippen molar-refractivity contribution in [3.05, 3.63) is 11.6 Å². The monoisotopic (exact) mass is 266 g/mol. The van der Waals surface area contributed by atoms with Gasteiger partial charge in [-0.3, -0.25) is 4.79 Å². The predicted octanol–water partition coefficient (Wildman–Crippen LogP) is 4.88. The number of carbonyl (C=O) groups is 1. The van der Waals surface area contributed by atoms with E-state index in [0.717, 1.165) is 25.7 Å². The predicted molar refractivity (Wildman–Crippen MR) is 80.0 cm³/mol. The van der Waals surface area contributed by atoms with Crippen LogP contribution in [0.25, 0.3) is 0 Å². The molecule has 0 radical (unpaired) electrons. The van der Waals surface area contributed by atoms with Gasteiger partial charge >= 0.3 is 5.97 Å². The van der Waals surface area contributed by atoms with Gasteiger partial charge in [-0.1, -0.05) is 32.4 Å². The van der Waals surface area contributed by atoms with Crippen molar-refractivity contribution in [2.45, 2.75) is 79.2 Å². The van der Waals surface area contributed by atoms with E-state index in [4.69, 9.17) is 4.74 Å². The Hall–Kier alpha value is -0.790. The van der Waals surface area contributed by atoms with Gasteiger partial charge in [-0.2, -0.15) is 0 Å². The lowest BCUT2D eigenvalue weighted by atomic mass is 9.81. The summed E-state index contributed by atoms with van der Waals surface area (Å²) in [6.07, 6.45) is 9.23. The Morgan fingerprint density at radius 3 is 2.68 bits per heavy atom. The Bertz CT molecular complexity index is 328. The maximum Gasteiger partial charge on any atom is 0.302 e. The summed E-state index contributed by atoms with van der Waals surface area (Å²) in [4.78, 5) is 11.3. The van der Waals surface area contributed by atoms with Crippen LogP contribution in [0.1, 0.15) is 73.1 Å². The van der Waals surface area contributed by atoms with Crippen LogP contribution in [-0.4, -0.2) is 12.1 Å². The van der Waals surface area contributed by atoms with Crippen LogP contribution in [-0.2, 0) is 9.53 Å². The third-order valence-electron chi connectivity index (χ3n) is 4.29. The van der Waals surface area contributed by atoms with Crippen molar-refractivity contribution in [2.75, 3.05) is 0 Å². The molecule has 0 fully saturated rings. The average Bonchev–Trinajstić information content (AvgIpc) is 2.32. The van der Waals surface area contributed by atoms with Crippen LogP contribution in [0, 0.1) is 11.3 Å². The Balaban J connectivity index is 2.75. The number of carbonyl (C=O) groups excluding carboxylic acids is 1. The van der Waals surface area contributed by atoms with Crippen LogP contribution in [0.15, 0.2) is 11.6 Å². The smallest absolute Gasteiger partial charge is 0.302 e. The fourth-order valence-corrected chi connectivity index (χ4v) is 2.75. The van der Waals surface area contributed by atoms with Gasteiger partial charge in [0, 0.05) is 6.92 Å². The van der Waals surface area contributed by atoms with Gasteiger partial charge in [0.05, 0.1) is 0 Å². The van der Waals surface area contributed by atoms with Crippen LogP contribution in [0.4, 0.5) is 0 Å². The minimum atomic E-state index is -0.140. The highest BCUT2D eigenvalue weighted by Crippen LogP contribution is 2.32. The van der Waals surface area contributed by atoms with E-state index in [1.165, 1.54) is 25.3 Å². The number of hydrogen-bond acceptors (Lipinski definition) is 2. The van der Waals surface area contributed by atoms with E-state index in [1.54, 1.807) is 0 Å². The standard InChI is InChI=1S/C17H30O2/c1-13-7-6-8-14(2)16(19-15(3)18)10-12-17(4,5)11-9-13/h9,14,16H,6-8,10-12H2,1-5H3/b13-9-/t14-,16+/m0/s1. The highest BCUT2D eigenvalue weighted by Gasteiger charge is 2.25. The molecular weight excluding hydrogens is 236 g/mol. The van der Waals surface area contributed by atoms with E-state index in [2.05, 4.69) is 33.8 Å². The van der Waals surface area contributed by atoms with E-state index < -0.39 is 0 Å². The quantitative estimate of drug-likeness (QED) is 0.499. The second-order valence-corrected chi connectivity index (χ2v) is 6.97. The summed E-state index contributed by atoms with van der Waals surface area (Å²) < 4.78 is 5.54. The maximum absolute atomic E-state index is 11.3. The largest absolute Gasteiger partial charge is 0.462 e. The van der Waals surface area contributed by atoms with E-state index in [0.29, 0.717) is 11.3 Å². The first-order valence-electron chi connectivity index (χ1n) is 7.63. The van der Waals surface area contributed by atoms with E-state index >= 15 is 0 Å². The third kappa shape index (κ3) is 6.26. The molecule has 0 heterocycles. The van der Waals surface area contributed by atoms with E-state index in [9.17, 15) is 4.79 Å². The highest BCUT2D eigenvalue weighted by atomic mass is 16.5. The molecule has 1 aliphatic carbocycles. The van der Waals surface area contributed by atoms with Crippen molar-refractivity contribution < 1.29 is 9.53 Å². The minimum Gasteiger partial charge on any atom is -0.462 e. The van der Waals surface area contributed by atoms with Gasteiger partial charge in [0.1, 0.15) is 6.10 Å². The zero-order valence-corrected chi connectivity index (χ0v) is 13.3. The minimum absolute atomic E-state index is 0.0928. The molecule has 0 saturated heterocycles. The molecule has 2 atom stereocenters. The summed E-state index contributed by atoms with van der Waals surface area (Å²) in [5.74, 6) is 0.324. The fourth-order valence-electron chi connectivity index (χ4n) is 2.75. The van der Waals surface area contributed by atoms with Crippen LogP contribution in [0.5, 0.6) is 0 Å². The van der Waals surface area contributed by atoms with Crippen LogP contribution >= 0.6 is 0 Å². The summed E-state index contributed by atoms with van der Waals surface area (Å²) in [5.41, 5.74) is 1.80. The fraction of sp³-hybridized carbons (Fsp3) is 0.824. The Morgan fingerprint density at radius 1 is 1.37 bits per heavy atom. The molecule has 0 spiro atoms. The molecule has 2 heteroatoms. The van der Waals surface area contributed by atoms with Crippen molar-refractivity contribution >= 4 is 5.97 Å². The average molecular weight is 266 g/mol. The number of ether oxygens (including phenoxy) is 1. The maximum atomic E-state index is 11.3. The Kier molecular flexibility index (Phi) is 6.09. The number of rotatable bonds is 1. The summed E-state index contributed by atoms with van der Waals surface area (Å²) in [6, 6.07) is 0. The van der Waals surface area contributed by atoms with Crippen LogP contribution in [0.2, 0.25) is 0 Å². The lowest BCUT2D eigenvalue weighted by Gasteiger charge is -2.28. The Morgan fingerprint density at radius 2 is 2.05 bits per heavy atom. The van der Waals surface area contributed by atoms with Gasteiger partial charge in [-0.15, -0.1) is 0 Å². The molecule has 0 aromatic heterocycles. The van der Waals surface area contributed by atoms with Crippen molar-refractivity contribution in [1.29, 1.82) is 0 Å². The SMILES string of the molecule is CC(=O)O[C@@H]1CCC(C)(C)C/C=C(/C)CCC[C@@H]1C. The number of allylic oxidation sites excluding steroid dienone is 2. The molecule has 110 valence electrons. The molecule has 0 aromatic rings. The first kappa shape index (κ1) is 16.3. The normalized spacial score (nSPS) is 31.7.